The Morgan fingerprint density at radius 2 is 2.40 bits per heavy atom. The molecule has 0 aromatic carbocycles. The van der Waals surface area contributed by atoms with Crippen molar-refractivity contribution in [1.29, 1.82) is 0 Å². The van der Waals surface area contributed by atoms with Crippen molar-refractivity contribution in [3.05, 3.63) is 48.2 Å². The smallest absolute Gasteiger partial charge is 0.354 e. The van der Waals surface area contributed by atoms with Gasteiger partial charge in [-0.05, 0) is 18.2 Å². The van der Waals surface area contributed by atoms with E-state index in [1.165, 1.54) is 7.11 Å². The molecule has 0 radical (unpaired) electrons. The van der Waals surface area contributed by atoms with Crippen LogP contribution in [0.5, 0.6) is 0 Å². The number of carbonyl (C=O) groups excluding carboxylic acids is 1. The zero-order valence-corrected chi connectivity index (χ0v) is 8.34. The number of rotatable bonds is 3. The molecule has 0 atom stereocenters. The normalized spacial score (nSPS) is 10.2. The van der Waals surface area contributed by atoms with Gasteiger partial charge < -0.3 is 13.7 Å². The second kappa shape index (κ2) is 4.04. The lowest BCUT2D eigenvalue weighted by Gasteiger charge is -2.05. The van der Waals surface area contributed by atoms with Crippen LogP contribution in [0.15, 0.2) is 41.3 Å². The molecule has 0 bridgehead atoms. The Labute approximate surface area is 87.1 Å². The molecule has 2 heterocycles. The van der Waals surface area contributed by atoms with Gasteiger partial charge in [0, 0.05) is 11.8 Å². The van der Waals surface area contributed by atoms with Crippen LogP contribution in [0.3, 0.4) is 0 Å². The van der Waals surface area contributed by atoms with E-state index in [1.807, 2.05) is 22.9 Å². The van der Waals surface area contributed by atoms with Crippen molar-refractivity contribution in [2.24, 2.45) is 0 Å². The Kier molecular flexibility index (Phi) is 2.58. The van der Waals surface area contributed by atoms with Gasteiger partial charge in [-0.1, -0.05) is 0 Å². The number of furan rings is 1. The van der Waals surface area contributed by atoms with Crippen molar-refractivity contribution in [1.82, 2.24) is 4.57 Å². The molecule has 2 aromatic heterocycles. The largest absolute Gasteiger partial charge is 0.472 e. The van der Waals surface area contributed by atoms with E-state index in [0.717, 1.165) is 5.56 Å². The number of hydrogen-bond donors (Lipinski definition) is 0. The minimum atomic E-state index is -0.330. The molecule has 0 amide bonds. The van der Waals surface area contributed by atoms with Gasteiger partial charge in [0.05, 0.1) is 26.2 Å². The lowest BCUT2D eigenvalue weighted by Crippen LogP contribution is -2.10. The molecule has 0 unspecified atom stereocenters. The minimum Gasteiger partial charge on any atom is -0.472 e. The Morgan fingerprint density at radius 3 is 3.07 bits per heavy atom. The Morgan fingerprint density at radius 1 is 1.53 bits per heavy atom. The van der Waals surface area contributed by atoms with Gasteiger partial charge in [0.2, 0.25) is 0 Å². The van der Waals surface area contributed by atoms with E-state index >= 15 is 0 Å². The number of hydrogen-bond acceptors (Lipinski definition) is 3. The third-order valence-electron chi connectivity index (χ3n) is 2.16. The van der Waals surface area contributed by atoms with Gasteiger partial charge in [-0.3, -0.25) is 0 Å². The molecule has 0 saturated heterocycles. The second-order valence-electron chi connectivity index (χ2n) is 3.14. The molecule has 4 heteroatoms. The van der Waals surface area contributed by atoms with Crippen LogP contribution in [0, 0.1) is 0 Å². The first-order chi connectivity index (χ1) is 7.31. The maximum absolute atomic E-state index is 11.4. The van der Waals surface area contributed by atoms with Gasteiger partial charge in [-0.25, -0.2) is 4.79 Å². The van der Waals surface area contributed by atoms with Crippen molar-refractivity contribution in [2.45, 2.75) is 6.54 Å². The maximum Gasteiger partial charge on any atom is 0.354 e. The number of aromatic nitrogens is 1. The average molecular weight is 205 g/mol. The van der Waals surface area contributed by atoms with Crippen LogP contribution in [-0.4, -0.2) is 17.6 Å². The predicted octanol–water partition coefficient (Wildman–Crippen LogP) is 1.92. The van der Waals surface area contributed by atoms with E-state index in [1.54, 1.807) is 18.6 Å². The van der Waals surface area contributed by atoms with Crippen molar-refractivity contribution >= 4 is 5.97 Å². The summed E-state index contributed by atoms with van der Waals surface area (Å²) in [6, 6.07) is 5.40. The fourth-order valence-corrected chi connectivity index (χ4v) is 1.42. The summed E-state index contributed by atoms with van der Waals surface area (Å²) < 4.78 is 11.4. The van der Waals surface area contributed by atoms with Crippen LogP contribution >= 0.6 is 0 Å². The first-order valence-electron chi connectivity index (χ1n) is 4.56. The molecule has 0 spiro atoms. The van der Waals surface area contributed by atoms with Crippen molar-refractivity contribution < 1.29 is 13.9 Å². The molecule has 4 nitrogen and oxygen atoms in total. The van der Waals surface area contributed by atoms with E-state index < -0.39 is 0 Å². The summed E-state index contributed by atoms with van der Waals surface area (Å²) in [5.41, 5.74) is 1.55. The number of methoxy groups -OCH3 is 1. The number of ether oxygens (including phenoxy) is 1. The second-order valence-corrected chi connectivity index (χ2v) is 3.14. The van der Waals surface area contributed by atoms with Gasteiger partial charge in [0.25, 0.3) is 0 Å². The molecule has 15 heavy (non-hydrogen) atoms. The van der Waals surface area contributed by atoms with Crippen molar-refractivity contribution in [2.75, 3.05) is 7.11 Å². The average Bonchev–Trinajstić information content (AvgIpc) is 2.88. The summed E-state index contributed by atoms with van der Waals surface area (Å²) in [6.45, 7) is 0.605. The Hall–Kier alpha value is -1.97. The third kappa shape index (κ3) is 1.93. The molecule has 2 rings (SSSR count). The van der Waals surface area contributed by atoms with E-state index in [-0.39, 0.29) is 5.97 Å². The van der Waals surface area contributed by atoms with E-state index in [9.17, 15) is 4.79 Å². The third-order valence-corrected chi connectivity index (χ3v) is 2.16. The molecule has 2 aromatic rings. The quantitative estimate of drug-likeness (QED) is 0.719. The molecule has 0 N–H and O–H groups in total. The van der Waals surface area contributed by atoms with Gasteiger partial charge in [0.1, 0.15) is 5.69 Å². The number of nitrogens with zero attached hydrogens (tertiary/aromatic N) is 1. The molecule has 78 valence electrons. The molecule has 0 saturated carbocycles. The van der Waals surface area contributed by atoms with Gasteiger partial charge in [-0.15, -0.1) is 0 Å². The molecule has 0 aliphatic carbocycles. The maximum atomic E-state index is 11.4. The van der Waals surface area contributed by atoms with Crippen LogP contribution in [-0.2, 0) is 11.3 Å². The summed E-state index contributed by atoms with van der Waals surface area (Å²) in [6.07, 6.45) is 5.09. The predicted molar refractivity (Wildman–Crippen MR) is 53.6 cm³/mol. The zero-order chi connectivity index (χ0) is 10.7. The molecule has 0 aliphatic heterocycles. The highest BCUT2D eigenvalue weighted by Gasteiger charge is 2.10. The fraction of sp³-hybridized carbons (Fsp3) is 0.182. The van der Waals surface area contributed by atoms with E-state index in [4.69, 9.17) is 4.42 Å². The summed E-state index contributed by atoms with van der Waals surface area (Å²) in [5.74, 6) is -0.330. The zero-order valence-electron chi connectivity index (χ0n) is 8.34. The lowest BCUT2D eigenvalue weighted by molar-refractivity contribution is 0.0589. The molecular formula is C11H11NO3. The highest BCUT2D eigenvalue weighted by Crippen LogP contribution is 2.09. The summed E-state index contributed by atoms with van der Waals surface area (Å²) in [7, 11) is 1.37. The van der Waals surface area contributed by atoms with Crippen LogP contribution in [0.2, 0.25) is 0 Å². The van der Waals surface area contributed by atoms with Crippen LogP contribution < -0.4 is 0 Å². The molecular weight excluding hydrogens is 194 g/mol. The number of carbonyl (C=O) groups is 1. The first kappa shape index (κ1) is 9.58. The van der Waals surface area contributed by atoms with Crippen LogP contribution in [0.4, 0.5) is 0 Å². The lowest BCUT2D eigenvalue weighted by atomic mass is 10.3. The van der Waals surface area contributed by atoms with E-state index in [0.29, 0.717) is 12.2 Å². The SMILES string of the molecule is COC(=O)c1cccn1Cc1ccoc1. The van der Waals surface area contributed by atoms with Gasteiger partial charge >= 0.3 is 5.97 Å². The Balaban J connectivity index is 2.22. The minimum absolute atomic E-state index is 0.330. The fourth-order valence-electron chi connectivity index (χ4n) is 1.42. The Bertz CT molecular complexity index is 442. The summed E-state index contributed by atoms with van der Waals surface area (Å²) in [5, 5.41) is 0. The van der Waals surface area contributed by atoms with Gasteiger partial charge in [0.15, 0.2) is 0 Å². The molecule has 0 fully saturated rings. The summed E-state index contributed by atoms with van der Waals surface area (Å²) >= 11 is 0. The first-order valence-corrected chi connectivity index (χ1v) is 4.56. The van der Waals surface area contributed by atoms with Crippen molar-refractivity contribution in [3.63, 3.8) is 0 Å². The van der Waals surface area contributed by atoms with Gasteiger partial charge in [-0.2, -0.15) is 0 Å². The number of esters is 1. The highest BCUT2D eigenvalue weighted by atomic mass is 16.5. The monoisotopic (exact) mass is 205 g/mol. The summed E-state index contributed by atoms with van der Waals surface area (Å²) in [4.78, 5) is 11.4. The van der Waals surface area contributed by atoms with E-state index in [2.05, 4.69) is 4.74 Å². The van der Waals surface area contributed by atoms with Crippen molar-refractivity contribution in [3.8, 4) is 0 Å². The van der Waals surface area contributed by atoms with Crippen LogP contribution in [0.25, 0.3) is 0 Å². The highest BCUT2D eigenvalue weighted by molar-refractivity contribution is 5.87. The standard InChI is InChI=1S/C11H11NO3/c1-14-11(13)10-3-2-5-12(10)7-9-4-6-15-8-9/h2-6,8H,7H2,1H3. The molecule has 0 aliphatic rings. The topological polar surface area (TPSA) is 44.4 Å². The van der Waals surface area contributed by atoms with Crippen LogP contribution in [0.1, 0.15) is 16.1 Å².